The van der Waals surface area contributed by atoms with Crippen molar-refractivity contribution in [2.45, 2.75) is 46.0 Å². The molecule has 3 heteroatoms. The first-order valence-corrected chi connectivity index (χ1v) is 5.75. The van der Waals surface area contributed by atoms with Crippen molar-refractivity contribution in [2.75, 3.05) is 0 Å². The average Bonchev–Trinajstić information content (AvgIpc) is 2.61. The van der Waals surface area contributed by atoms with Crippen LogP contribution in [0.3, 0.4) is 0 Å². The maximum absolute atomic E-state index is 4.71. The van der Waals surface area contributed by atoms with Crippen LogP contribution in [0.15, 0.2) is 12.3 Å². The molecule has 0 fully saturated rings. The van der Waals surface area contributed by atoms with Crippen LogP contribution in [0.25, 0.3) is 11.0 Å². The molecule has 1 N–H and O–H groups in total. The van der Waals surface area contributed by atoms with Gasteiger partial charge in [-0.1, -0.05) is 34.6 Å². The first-order chi connectivity index (χ1) is 7.39. The molecule has 3 nitrogen and oxygen atoms in total. The highest BCUT2D eigenvalue weighted by Crippen LogP contribution is 2.26. The zero-order valence-electron chi connectivity index (χ0n) is 10.6. The van der Waals surface area contributed by atoms with Crippen molar-refractivity contribution in [2.24, 2.45) is 0 Å². The van der Waals surface area contributed by atoms with Crippen LogP contribution < -0.4 is 0 Å². The van der Waals surface area contributed by atoms with Gasteiger partial charge in [0.05, 0.1) is 5.69 Å². The fourth-order valence-corrected chi connectivity index (χ4v) is 1.74. The molecule has 0 saturated heterocycles. The van der Waals surface area contributed by atoms with Gasteiger partial charge in [0.15, 0.2) is 0 Å². The predicted molar refractivity (Wildman–Crippen MR) is 66.7 cm³/mol. The first-order valence-electron chi connectivity index (χ1n) is 5.75. The fraction of sp³-hybridized carbons (Fsp3) is 0.538. The van der Waals surface area contributed by atoms with E-state index in [2.05, 4.69) is 50.7 Å². The summed E-state index contributed by atoms with van der Waals surface area (Å²) in [5.74, 6) is 1.33. The molecule has 16 heavy (non-hydrogen) atoms. The summed E-state index contributed by atoms with van der Waals surface area (Å²) < 4.78 is 0. The van der Waals surface area contributed by atoms with Gasteiger partial charge < -0.3 is 4.98 Å². The molecule has 86 valence electrons. The predicted octanol–water partition coefficient (Wildman–Crippen LogP) is 3.38. The van der Waals surface area contributed by atoms with E-state index in [1.807, 2.05) is 6.20 Å². The quantitative estimate of drug-likeness (QED) is 0.795. The van der Waals surface area contributed by atoms with Crippen molar-refractivity contribution in [1.82, 2.24) is 15.0 Å². The van der Waals surface area contributed by atoms with E-state index < -0.39 is 0 Å². The van der Waals surface area contributed by atoms with E-state index in [4.69, 9.17) is 4.98 Å². The third-order valence-electron chi connectivity index (χ3n) is 2.66. The number of aromatic nitrogens is 3. The number of rotatable bonds is 1. The Morgan fingerprint density at radius 3 is 2.44 bits per heavy atom. The summed E-state index contributed by atoms with van der Waals surface area (Å²) in [4.78, 5) is 12.5. The van der Waals surface area contributed by atoms with Gasteiger partial charge in [0, 0.05) is 17.0 Å². The van der Waals surface area contributed by atoms with Gasteiger partial charge in [-0.05, 0) is 12.0 Å². The molecule has 0 aliphatic heterocycles. The van der Waals surface area contributed by atoms with Crippen molar-refractivity contribution in [3.8, 4) is 0 Å². The van der Waals surface area contributed by atoms with E-state index in [9.17, 15) is 0 Å². The lowest BCUT2D eigenvalue weighted by molar-refractivity contribution is 0.542. The Bertz CT molecular complexity index is 503. The van der Waals surface area contributed by atoms with Crippen molar-refractivity contribution in [1.29, 1.82) is 0 Å². The Kier molecular flexibility index (Phi) is 2.49. The molecule has 2 heterocycles. The molecule has 0 saturated carbocycles. The second-order valence-corrected chi connectivity index (χ2v) is 5.58. The lowest BCUT2D eigenvalue weighted by Crippen LogP contribution is -2.17. The number of hydrogen-bond donors (Lipinski definition) is 1. The summed E-state index contributed by atoms with van der Waals surface area (Å²) in [6.45, 7) is 10.8. The maximum Gasteiger partial charge on any atom is 0.141 e. The number of H-pyrrole nitrogens is 1. The molecule has 0 bridgehead atoms. The van der Waals surface area contributed by atoms with E-state index in [0.717, 1.165) is 22.6 Å². The first kappa shape index (κ1) is 11.1. The lowest BCUT2D eigenvalue weighted by Gasteiger charge is -2.18. The molecule has 0 aromatic carbocycles. The maximum atomic E-state index is 4.71. The van der Waals surface area contributed by atoms with Gasteiger partial charge in [-0.25, -0.2) is 9.97 Å². The third kappa shape index (κ3) is 1.82. The van der Waals surface area contributed by atoms with Gasteiger partial charge in [0.1, 0.15) is 11.5 Å². The Balaban J connectivity index is 2.71. The highest BCUT2D eigenvalue weighted by atomic mass is 15.0. The standard InChI is InChI=1S/C13H19N3/c1-8(2)10-9-6-7-14-11(9)16-12(15-10)13(3,4)5/h6-8H,1-5H3,(H,14,15,16). The molecule has 2 aromatic rings. The second-order valence-electron chi connectivity index (χ2n) is 5.58. The number of hydrogen-bond acceptors (Lipinski definition) is 2. The van der Waals surface area contributed by atoms with Gasteiger partial charge >= 0.3 is 0 Å². The van der Waals surface area contributed by atoms with Gasteiger partial charge in [-0.3, -0.25) is 0 Å². The van der Waals surface area contributed by atoms with Crippen molar-refractivity contribution in [3.05, 3.63) is 23.8 Å². The normalized spacial score (nSPS) is 12.6. The lowest BCUT2D eigenvalue weighted by atomic mass is 9.95. The van der Waals surface area contributed by atoms with Gasteiger partial charge in [0.25, 0.3) is 0 Å². The Morgan fingerprint density at radius 1 is 1.19 bits per heavy atom. The summed E-state index contributed by atoms with van der Waals surface area (Å²) in [6.07, 6.45) is 1.93. The van der Waals surface area contributed by atoms with E-state index in [0.29, 0.717) is 5.92 Å². The van der Waals surface area contributed by atoms with E-state index in [-0.39, 0.29) is 5.41 Å². The minimum atomic E-state index is -0.0110. The Morgan fingerprint density at radius 2 is 1.88 bits per heavy atom. The van der Waals surface area contributed by atoms with Crippen LogP contribution in [0.4, 0.5) is 0 Å². The zero-order chi connectivity index (χ0) is 11.9. The minimum Gasteiger partial charge on any atom is -0.346 e. The van der Waals surface area contributed by atoms with E-state index in [1.54, 1.807) is 0 Å². The highest BCUT2D eigenvalue weighted by Gasteiger charge is 2.20. The van der Waals surface area contributed by atoms with Crippen molar-refractivity contribution >= 4 is 11.0 Å². The molecule has 0 amide bonds. The van der Waals surface area contributed by atoms with E-state index >= 15 is 0 Å². The molecular formula is C13H19N3. The molecular weight excluding hydrogens is 198 g/mol. The molecule has 0 radical (unpaired) electrons. The van der Waals surface area contributed by atoms with Crippen LogP contribution in [-0.2, 0) is 5.41 Å². The molecule has 0 spiro atoms. The summed E-state index contributed by atoms with van der Waals surface area (Å²) >= 11 is 0. The Labute approximate surface area is 96.3 Å². The smallest absolute Gasteiger partial charge is 0.141 e. The monoisotopic (exact) mass is 217 g/mol. The van der Waals surface area contributed by atoms with Gasteiger partial charge in [-0.2, -0.15) is 0 Å². The highest BCUT2D eigenvalue weighted by molar-refractivity contribution is 5.78. The van der Waals surface area contributed by atoms with Crippen LogP contribution in [0.5, 0.6) is 0 Å². The summed E-state index contributed by atoms with van der Waals surface area (Å²) in [5.41, 5.74) is 2.07. The molecule has 0 unspecified atom stereocenters. The van der Waals surface area contributed by atoms with Crippen molar-refractivity contribution in [3.63, 3.8) is 0 Å². The molecule has 2 aromatic heterocycles. The summed E-state index contributed by atoms with van der Waals surface area (Å²) in [7, 11) is 0. The van der Waals surface area contributed by atoms with Gasteiger partial charge in [-0.15, -0.1) is 0 Å². The number of aromatic amines is 1. The van der Waals surface area contributed by atoms with Crippen LogP contribution >= 0.6 is 0 Å². The van der Waals surface area contributed by atoms with Crippen LogP contribution in [0.2, 0.25) is 0 Å². The molecule has 0 aliphatic carbocycles. The zero-order valence-corrected chi connectivity index (χ0v) is 10.6. The summed E-state index contributed by atoms with van der Waals surface area (Å²) in [5, 5.41) is 1.14. The van der Waals surface area contributed by atoms with Crippen LogP contribution in [-0.4, -0.2) is 15.0 Å². The third-order valence-corrected chi connectivity index (χ3v) is 2.66. The topological polar surface area (TPSA) is 41.6 Å². The van der Waals surface area contributed by atoms with Crippen LogP contribution in [0.1, 0.15) is 52.1 Å². The molecule has 2 rings (SSSR count). The molecule has 0 atom stereocenters. The number of nitrogens with zero attached hydrogens (tertiary/aromatic N) is 2. The number of nitrogens with one attached hydrogen (secondary N) is 1. The SMILES string of the molecule is CC(C)c1nc(C(C)(C)C)nc2[nH]ccc12. The second kappa shape index (κ2) is 3.58. The van der Waals surface area contributed by atoms with Gasteiger partial charge in [0.2, 0.25) is 0 Å². The van der Waals surface area contributed by atoms with Crippen molar-refractivity contribution < 1.29 is 0 Å². The average molecular weight is 217 g/mol. The molecule has 0 aliphatic rings. The fourth-order valence-electron chi connectivity index (χ4n) is 1.74. The Hall–Kier alpha value is -1.38. The summed E-state index contributed by atoms with van der Waals surface area (Å²) in [6, 6.07) is 2.05. The van der Waals surface area contributed by atoms with Crippen LogP contribution in [0, 0.1) is 0 Å². The largest absolute Gasteiger partial charge is 0.346 e. The number of fused-ring (bicyclic) bond motifs is 1. The van der Waals surface area contributed by atoms with E-state index in [1.165, 1.54) is 0 Å². The minimum absolute atomic E-state index is 0.0110.